The van der Waals surface area contributed by atoms with Gasteiger partial charge in [0.2, 0.25) is 0 Å². The van der Waals surface area contributed by atoms with E-state index in [9.17, 15) is 4.79 Å². The zero-order valence-corrected chi connectivity index (χ0v) is 8.04. The fraction of sp³-hybridized carbons (Fsp3) is 0.750. The van der Waals surface area contributed by atoms with E-state index in [0.29, 0.717) is 0 Å². The van der Waals surface area contributed by atoms with Crippen molar-refractivity contribution in [2.75, 3.05) is 33.8 Å². The molecule has 0 aromatic carbocycles. The molecule has 1 heterocycles. The molecule has 0 aromatic heterocycles. The first-order valence-electron chi connectivity index (χ1n) is 4.30. The lowest BCUT2D eigenvalue weighted by atomic mass is 10.3. The van der Waals surface area contributed by atoms with E-state index in [1.54, 1.807) is 0 Å². The van der Waals surface area contributed by atoms with Gasteiger partial charge in [-0.1, -0.05) is 0 Å². The molecule has 74 valence electrons. The van der Waals surface area contributed by atoms with E-state index in [1.165, 1.54) is 7.11 Å². The second-order valence-electron chi connectivity index (χ2n) is 2.91. The number of ether oxygens (including phenoxy) is 1. The molecule has 1 aliphatic rings. The van der Waals surface area contributed by atoms with Crippen LogP contribution in [0.5, 0.6) is 0 Å². The summed E-state index contributed by atoms with van der Waals surface area (Å²) in [5.41, 5.74) is 0. The molecule has 1 aliphatic heterocycles. The molecule has 5 heteroatoms. The molecule has 0 fully saturated rings. The number of nitrogens with zero attached hydrogens (tertiary/aromatic N) is 2. The maximum atomic E-state index is 10.8. The van der Waals surface area contributed by atoms with Crippen LogP contribution in [0.25, 0.3) is 0 Å². The van der Waals surface area contributed by atoms with Gasteiger partial charge in [0, 0.05) is 20.1 Å². The van der Waals surface area contributed by atoms with Crippen molar-refractivity contribution in [2.45, 2.75) is 6.42 Å². The van der Waals surface area contributed by atoms with Gasteiger partial charge in [0.15, 0.2) is 5.96 Å². The number of guanidine groups is 1. The highest BCUT2D eigenvalue weighted by atomic mass is 16.5. The molecule has 0 unspecified atom stereocenters. The van der Waals surface area contributed by atoms with E-state index in [2.05, 4.69) is 15.0 Å². The summed E-state index contributed by atoms with van der Waals surface area (Å²) in [6.45, 7) is 1.99. The molecule has 5 nitrogen and oxygen atoms in total. The van der Waals surface area contributed by atoms with Gasteiger partial charge in [0.05, 0.1) is 7.11 Å². The van der Waals surface area contributed by atoms with Crippen LogP contribution in [0.3, 0.4) is 0 Å². The van der Waals surface area contributed by atoms with Crippen molar-refractivity contribution >= 4 is 11.9 Å². The standard InChI is InChI=1S/C8H15N3O2/c1-11-5-3-4-9-8(11)10-6-7(12)13-2/h3-6H2,1-2H3,(H,9,10). The van der Waals surface area contributed by atoms with Gasteiger partial charge in [0.1, 0.15) is 6.54 Å². The highest BCUT2D eigenvalue weighted by Gasteiger charge is 2.11. The number of esters is 1. The van der Waals surface area contributed by atoms with Gasteiger partial charge in [-0.2, -0.15) is 0 Å². The van der Waals surface area contributed by atoms with Gasteiger partial charge in [-0.15, -0.1) is 0 Å². The smallest absolute Gasteiger partial charge is 0.325 e. The number of hydrogen-bond acceptors (Lipinski definition) is 5. The van der Waals surface area contributed by atoms with Gasteiger partial charge in [-0.25, -0.2) is 0 Å². The summed E-state index contributed by atoms with van der Waals surface area (Å²) in [6, 6.07) is 0. The summed E-state index contributed by atoms with van der Waals surface area (Å²) >= 11 is 0. The molecule has 0 aliphatic carbocycles. The highest BCUT2D eigenvalue weighted by Crippen LogP contribution is 1.97. The van der Waals surface area contributed by atoms with Crippen LogP contribution in [-0.4, -0.2) is 50.6 Å². The first-order valence-corrected chi connectivity index (χ1v) is 4.30. The molecule has 1 rings (SSSR count). The summed E-state index contributed by atoms with van der Waals surface area (Å²) in [5, 5.41) is 2.92. The molecule has 0 saturated carbocycles. The second-order valence-corrected chi connectivity index (χ2v) is 2.91. The summed E-state index contributed by atoms with van der Waals surface area (Å²) < 4.78 is 4.50. The van der Waals surface area contributed by atoms with Crippen LogP contribution in [0.15, 0.2) is 4.99 Å². The molecule has 1 N–H and O–H groups in total. The third-order valence-electron chi connectivity index (χ3n) is 1.89. The number of rotatable bonds is 2. The quantitative estimate of drug-likeness (QED) is 0.586. The molecule has 0 aromatic rings. The Morgan fingerprint density at radius 2 is 2.54 bits per heavy atom. The monoisotopic (exact) mass is 185 g/mol. The summed E-state index contributed by atoms with van der Waals surface area (Å²) in [6.07, 6.45) is 1.07. The van der Waals surface area contributed by atoms with Crippen molar-refractivity contribution in [1.29, 1.82) is 0 Å². The van der Waals surface area contributed by atoms with E-state index in [1.807, 2.05) is 11.9 Å². The van der Waals surface area contributed by atoms with E-state index in [4.69, 9.17) is 0 Å². The lowest BCUT2D eigenvalue weighted by Gasteiger charge is -2.25. The van der Waals surface area contributed by atoms with Crippen LogP contribution < -0.4 is 5.32 Å². The van der Waals surface area contributed by atoms with Crippen molar-refractivity contribution in [3.05, 3.63) is 0 Å². The van der Waals surface area contributed by atoms with Crippen LogP contribution in [0.4, 0.5) is 0 Å². The Bertz CT molecular complexity index is 215. The number of nitrogens with one attached hydrogen (secondary N) is 1. The van der Waals surface area contributed by atoms with Crippen LogP contribution >= 0.6 is 0 Å². The molecular formula is C8H15N3O2. The Morgan fingerprint density at radius 3 is 3.15 bits per heavy atom. The molecule has 0 amide bonds. The number of carbonyl (C=O) groups excluding carboxylic acids is 1. The zero-order valence-electron chi connectivity index (χ0n) is 8.04. The van der Waals surface area contributed by atoms with Crippen LogP contribution in [-0.2, 0) is 9.53 Å². The van der Waals surface area contributed by atoms with E-state index in [0.717, 1.165) is 25.5 Å². The minimum atomic E-state index is -0.276. The van der Waals surface area contributed by atoms with Gasteiger partial charge in [0.25, 0.3) is 0 Å². The average molecular weight is 185 g/mol. The maximum absolute atomic E-state index is 10.8. The minimum Gasteiger partial charge on any atom is -0.468 e. The predicted molar refractivity (Wildman–Crippen MR) is 49.6 cm³/mol. The van der Waals surface area contributed by atoms with Crippen LogP contribution in [0, 0.1) is 0 Å². The first kappa shape index (κ1) is 9.83. The molecule has 0 bridgehead atoms. The van der Waals surface area contributed by atoms with Crippen molar-refractivity contribution in [1.82, 2.24) is 10.2 Å². The Hall–Kier alpha value is -1.26. The average Bonchev–Trinajstić information content (AvgIpc) is 2.16. The van der Waals surface area contributed by atoms with E-state index in [-0.39, 0.29) is 12.5 Å². The molecule has 0 radical (unpaired) electrons. The minimum absolute atomic E-state index is 0.180. The third-order valence-corrected chi connectivity index (χ3v) is 1.89. The Kier molecular flexibility index (Phi) is 3.54. The Balaban J connectivity index is 2.35. The molecule has 13 heavy (non-hydrogen) atoms. The summed E-state index contributed by atoms with van der Waals surface area (Å²) in [5.74, 6) is 0.498. The Labute approximate surface area is 77.8 Å². The number of hydrogen-bond donors (Lipinski definition) is 1. The van der Waals surface area contributed by atoms with Crippen molar-refractivity contribution in [3.63, 3.8) is 0 Å². The molecular weight excluding hydrogens is 170 g/mol. The van der Waals surface area contributed by atoms with Crippen molar-refractivity contribution in [2.24, 2.45) is 4.99 Å². The van der Waals surface area contributed by atoms with E-state index < -0.39 is 0 Å². The SMILES string of the molecule is COC(=O)CNC1=NCCCN1C. The first-order chi connectivity index (χ1) is 6.24. The summed E-state index contributed by atoms with van der Waals surface area (Å²) in [4.78, 5) is 17.0. The van der Waals surface area contributed by atoms with Crippen LogP contribution in [0.2, 0.25) is 0 Å². The maximum Gasteiger partial charge on any atom is 0.325 e. The molecule has 0 atom stereocenters. The van der Waals surface area contributed by atoms with Crippen molar-refractivity contribution < 1.29 is 9.53 Å². The summed E-state index contributed by atoms with van der Waals surface area (Å²) in [7, 11) is 3.32. The van der Waals surface area contributed by atoms with Gasteiger partial charge < -0.3 is 15.0 Å². The third kappa shape index (κ3) is 2.93. The lowest BCUT2D eigenvalue weighted by Crippen LogP contribution is -2.44. The van der Waals surface area contributed by atoms with Gasteiger partial charge in [-0.3, -0.25) is 9.79 Å². The van der Waals surface area contributed by atoms with Gasteiger partial charge in [-0.05, 0) is 6.42 Å². The second kappa shape index (κ2) is 4.69. The number of aliphatic imine (C=N–C) groups is 1. The van der Waals surface area contributed by atoms with E-state index >= 15 is 0 Å². The fourth-order valence-electron chi connectivity index (χ4n) is 1.13. The molecule has 0 spiro atoms. The lowest BCUT2D eigenvalue weighted by molar-refractivity contribution is -0.139. The topological polar surface area (TPSA) is 53.9 Å². The largest absolute Gasteiger partial charge is 0.468 e. The predicted octanol–water partition coefficient (Wildman–Crippen LogP) is -0.559. The number of carbonyl (C=O) groups is 1. The Morgan fingerprint density at radius 1 is 1.77 bits per heavy atom. The van der Waals surface area contributed by atoms with Gasteiger partial charge >= 0.3 is 5.97 Å². The van der Waals surface area contributed by atoms with Crippen LogP contribution in [0.1, 0.15) is 6.42 Å². The molecule has 0 saturated heterocycles. The van der Waals surface area contributed by atoms with Crippen molar-refractivity contribution in [3.8, 4) is 0 Å². The number of methoxy groups -OCH3 is 1. The zero-order chi connectivity index (χ0) is 9.68. The fourth-order valence-corrected chi connectivity index (χ4v) is 1.13. The highest BCUT2D eigenvalue weighted by molar-refractivity contribution is 5.84. The normalized spacial score (nSPS) is 16.5.